The minimum absolute atomic E-state index is 0.415. The lowest BCUT2D eigenvalue weighted by Crippen LogP contribution is -1.97. The lowest BCUT2D eigenvalue weighted by molar-refractivity contribution is 0.419. The Morgan fingerprint density at radius 2 is 2.38 bits per heavy atom. The van der Waals surface area contributed by atoms with Crippen LogP contribution in [0.5, 0.6) is 5.75 Å². The fourth-order valence-corrected chi connectivity index (χ4v) is 1.32. The highest BCUT2D eigenvalue weighted by atomic mass is 16.5. The van der Waals surface area contributed by atoms with E-state index in [4.69, 9.17) is 10.5 Å². The van der Waals surface area contributed by atoms with Crippen molar-refractivity contribution in [2.75, 3.05) is 7.11 Å². The first kappa shape index (κ1) is 8.07. The van der Waals surface area contributed by atoms with E-state index in [0.717, 1.165) is 22.6 Å². The van der Waals surface area contributed by atoms with Crippen molar-refractivity contribution in [3.05, 3.63) is 24.0 Å². The quantitative estimate of drug-likeness (QED) is 0.720. The number of rotatable bonds is 2. The minimum Gasteiger partial charge on any atom is -0.494 e. The third-order valence-corrected chi connectivity index (χ3v) is 1.94. The van der Waals surface area contributed by atoms with Gasteiger partial charge in [0.2, 0.25) is 0 Å². The zero-order valence-electron chi connectivity index (χ0n) is 7.37. The Morgan fingerprint density at radius 1 is 1.54 bits per heavy atom. The number of methoxy groups -OCH3 is 1. The summed E-state index contributed by atoms with van der Waals surface area (Å²) in [6.45, 7) is 0.415. The Balaban J connectivity index is 2.67. The Labute approximate surface area is 75.7 Å². The van der Waals surface area contributed by atoms with E-state index in [9.17, 15) is 0 Å². The smallest absolute Gasteiger partial charge is 0.146 e. The molecule has 0 aliphatic heterocycles. The zero-order valence-corrected chi connectivity index (χ0v) is 7.37. The number of fused-ring (bicyclic) bond motifs is 1. The number of ether oxygens (including phenoxy) is 1. The van der Waals surface area contributed by atoms with E-state index in [1.807, 2.05) is 18.2 Å². The first-order valence-electron chi connectivity index (χ1n) is 4.07. The summed E-state index contributed by atoms with van der Waals surface area (Å²) >= 11 is 0. The fourth-order valence-electron chi connectivity index (χ4n) is 1.32. The third kappa shape index (κ3) is 1.25. The van der Waals surface area contributed by atoms with Crippen LogP contribution in [0.25, 0.3) is 11.0 Å². The second-order valence-corrected chi connectivity index (χ2v) is 2.74. The van der Waals surface area contributed by atoms with Gasteiger partial charge in [-0.15, -0.1) is 0 Å². The Kier molecular flexibility index (Phi) is 1.90. The van der Waals surface area contributed by atoms with E-state index >= 15 is 0 Å². The summed E-state index contributed by atoms with van der Waals surface area (Å²) in [7, 11) is 1.63. The van der Waals surface area contributed by atoms with Crippen LogP contribution in [0.2, 0.25) is 0 Å². The summed E-state index contributed by atoms with van der Waals surface area (Å²) in [4.78, 5) is 7.40. The van der Waals surface area contributed by atoms with Crippen LogP contribution in [0.15, 0.2) is 18.2 Å². The van der Waals surface area contributed by atoms with Crippen LogP contribution in [-0.4, -0.2) is 17.1 Å². The van der Waals surface area contributed by atoms with E-state index in [-0.39, 0.29) is 0 Å². The summed E-state index contributed by atoms with van der Waals surface area (Å²) in [5, 5.41) is 0. The number of hydrogen-bond acceptors (Lipinski definition) is 3. The molecule has 4 nitrogen and oxygen atoms in total. The standard InChI is InChI=1S/C9H11N3O/c1-13-7-4-2-3-6-9(7)12-8(5-10)11-6/h2-4H,5,10H2,1H3,(H,11,12). The van der Waals surface area contributed by atoms with Crippen molar-refractivity contribution in [2.24, 2.45) is 5.73 Å². The molecule has 13 heavy (non-hydrogen) atoms. The largest absolute Gasteiger partial charge is 0.494 e. The van der Waals surface area contributed by atoms with Gasteiger partial charge >= 0.3 is 0 Å². The van der Waals surface area contributed by atoms with Crippen molar-refractivity contribution in [1.29, 1.82) is 0 Å². The van der Waals surface area contributed by atoms with Crippen molar-refractivity contribution in [3.63, 3.8) is 0 Å². The number of para-hydroxylation sites is 1. The highest BCUT2D eigenvalue weighted by Gasteiger charge is 2.05. The first-order chi connectivity index (χ1) is 6.35. The van der Waals surface area contributed by atoms with Gasteiger partial charge in [0.25, 0.3) is 0 Å². The zero-order chi connectivity index (χ0) is 9.26. The second-order valence-electron chi connectivity index (χ2n) is 2.74. The maximum absolute atomic E-state index is 5.47. The fraction of sp³-hybridized carbons (Fsp3) is 0.222. The summed E-state index contributed by atoms with van der Waals surface area (Å²) < 4.78 is 5.16. The Bertz CT molecular complexity index is 422. The molecule has 0 saturated carbocycles. The van der Waals surface area contributed by atoms with Gasteiger partial charge in [0, 0.05) is 0 Å². The van der Waals surface area contributed by atoms with Gasteiger partial charge in [0.05, 0.1) is 19.2 Å². The van der Waals surface area contributed by atoms with Gasteiger partial charge in [0.1, 0.15) is 17.1 Å². The molecule has 0 atom stereocenters. The molecule has 0 aliphatic rings. The molecule has 0 fully saturated rings. The molecule has 2 aromatic rings. The van der Waals surface area contributed by atoms with Crippen molar-refractivity contribution >= 4 is 11.0 Å². The predicted molar refractivity (Wildman–Crippen MR) is 50.5 cm³/mol. The molecule has 0 aliphatic carbocycles. The van der Waals surface area contributed by atoms with Gasteiger partial charge < -0.3 is 15.5 Å². The SMILES string of the molecule is COc1cccc2[nH]c(CN)nc12. The topological polar surface area (TPSA) is 63.9 Å². The van der Waals surface area contributed by atoms with Crippen molar-refractivity contribution in [2.45, 2.75) is 6.54 Å². The van der Waals surface area contributed by atoms with E-state index in [0.29, 0.717) is 6.54 Å². The number of aromatic amines is 1. The molecular weight excluding hydrogens is 166 g/mol. The number of imidazole rings is 1. The lowest BCUT2D eigenvalue weighted by atomic mass is 10.3. The van der Waals surface area contributed by atoms with Crippen molar-refractivity contribution < 1.29 is 4.74 Å². The summed E-state index contributed by atoms with van der Waals surface area (Å²) in [6.07, 6.45) is 0. The van der Waals surface area contributed by atoms with Crippen LogP contribution in [0.1, 0.15) is 5.82 Å². The van der Waals surface area contributed by atoms with E-state index in [1.165, 1.54) is 0 Å². The van der Waals surface area contributed by atoms with Gasteiger partial charge in [-0.2, -0.15) is 0 Å². The van der Waals surface area contributed by atoms with Gasteiger partial charge in [0.15, 0.2) is 0 Å². The molecule has 1 aromatic heterocycles. The highest BCUT2D eigenvalue weighted by Crippen LogP contribution is 2.22. The molecule has 0 amide bonds. The molecule has 0 radical (unpaired) electrons. The third-order valence-electron chi connectivity index (χ3n) is 1.94. The molecule has 0 bridgehead atoms. The second kappa shape index (κ2) is 3.06. The molecule has 68 valence electrons. The number of nitrogens with zero attached hydrogens (tertiary/aromatic N) is 1. The molecule has 0 saturated heterocycles. The Hall–Kier alpha value is -1.55. The number of benzene rings is 1. The number of nitrogens with one attached hydrogen (secondary N) is 1. The van der Waals surface area contributed by atoms with Crippen LogP contribution in [0.4, 0.5) is 0 Å². The highest BCUT2D eigenvalue weighted by molar-refractivity contribution is 5.81. The number of hydrogen-bond donors (Lipinski definition) is 2. The molecule has 4 heteroatoms. The first-order valence-corrected chi connectivity index (χ1v) is 4.07. The molecule has 2 rings (SSSR count). The average molecular weight is 177 g/mol. The number of nitrogens with two attached hydrogens (primary N) is 1. The molecule has 1 aromatic carbocycles. The summed E-state index contributed by atoms with van der Waals surface area (Å²) in [5.41, 5.74) is 7.27. The number of aromatic nitrogens is 2. The molecule has 3 N–H and O–H groups in total. The van der Waals surface area contributed by atoms with E-state index < -0.39 is 0 Å². The van der Waals surface area contributed by atoms with Crippen LogP contribution < -0.4 is 10.5 Å². The molecule has 0 unspecified atom stereocenters. The Morgan fingerprint density at radius 3 is 3.08 bits per heavy atom. The predicted octanol–water partition coefficient (Wildman–Crippen LogP) is 1.03. The summed E-state index contributed by atoms with van der Waals surface area (Å²) in [6, 6.07) is 5.74. The van der Waals surface area contributed by atoms with Crippen molar-refractivity contribution in [1.82, 2.24) is 9.97 Å². The van der Waals surface area contributed by atoms with Gasteiger partial charge in [-0.05, 0) is 12.1 Å². The molecule has 0 spiro atoms. The monoisotopic (exact) mass is 177 g/mol. The van der Waals surface area contributed by atoms with Gasteiger partial charge in [-0.25, -0.2) is 4.98 Å². The maximum atomic E-state index is 5.47. The maximum Gasteiger partial charge on any atom is 0.146 e. The van der Waals surface area contributed by atoms with Crippen LogP contribution in [0.3, 0.4) is 0 Å². The van der Waals surface area contributed by atoms with Crippen LogP contribution in [0, 0.1) is 0 Å². The average Bonchev–Trinajstić information content (AvgIpc) is 2.59. The van der Waals surface area contributed by atoms with Gasteiger partial charge in [-0.3, -0.25) is 0 Å². The van der Waals surface area contributed by atoms with E-state index in [1.54, 1.807) is 7.11 Å². The van der Waals surface area contributed by atoms with Crippen LogP contribution in [-0.2, 0) is 6.54 Å². The van der Waals surface area contributed by atoms with Gasteiger partial charge in [-0.1, -0.05) is 6.07 Å². The summed E-state index contributed by atoms with van der Waals surface area (Å²) in [5.74, 6) is 1.55. The molecular formula is C9H11N3O. The lowest BCUT2D eigenvalue weighted by Gasteiger charge is -1.97. The van der Waals surface area contributed by atoms with Crippen molar-refractivity contribution in [3.8, 4) is 5.75 Å². The normalized spacial score (nSPS) is 10.6. The van der Waals surface area contributed by atoms with Crippen LogP contribution >= 0.6 is 0 Å². The minimum atomic E-state index is 0.415. The number of H-pyrrole nitrogens is 1. The molecule has 1 heterocycles. The van der Waals surface area contributed by atoms with E-state index in [2.05, 4.69) is 9.97 Å².